The fourth-order valence-corrected chi connectivity index (χ4v) is 3.18. The second kappa shape index (κ2) is 9.76. The number of unbranched alkanes of at least 4 members (excludes halogenated alkanes) is 2. The molecule has 0 spiro atoms. The van der Waals surface area contributed by atoms with Gasteiger partial charge >= 0.3 is 5.97 Å². The molecule has 0 atom stereocenters. The van der Waals surface area contributed by atoms with Crippen LogP contribution in [-0.2, 0) is 14.4 Å². The summed E-state index contributed by atoms with van der Waals surface area (Å²) in [7, 11) is 0. The van der Waals surface area contributed by atoms with E-state index >= 15 is 0 Å². The molecule has 0 aliphatic carbocycles. The summed E-state index contributed by atoms with van der Waals surface area (Å²) in [5.41, 5.74) is 0.809. The number of carbonyl (C=O) groups excluding carboxylic acids is 3. The van der Waals surface area contributed by atoms with Crippen molar-refractivity contribution in [2.45, 2.75) is 25.7 Å². The van der Waals surface area contributed by atoms with E-state index in [0.29, 0.717) is 30.7 Å². The molecule has 1 aliphatic rings. The van der Waals surface area contributed by atoms with Crippen molar-refractivity contribution in [2.24, 2.45) is 0 Å². The number of thioether (sulfide) groups is 1. The molecule has 1 fully saturated rings. The zero-order chi connectivity index (χ0) is 18.9. The van der Waals surface area contributed by atoms with Gasteiger partial charge in [-0.25, -0.2) is 0 Å². The monoisotopic (exact) mass is 376 g/mol. The van der Waals surface area contributed by atoms with Crippen LogP contribution in [0.15, 0.2) is 35.2 Å². The minimum atomic E-state index is -0.836. The van der Waals surface area contributed by atoms with Crippen molar-refractivity contribution in [3.63, 3.8) is 0 Å². The van der Waals surface area contributed by atoms with Crippen LogP contribution in [0.5, 0.6) is 0 Å². The molecule has 1 aromatic carbocycles. The molecule has 0 bridgehead atoms. The number of carboxylic acid groups (broad SMARTS) is 1. The molecule has 1 saturated heterocycles. The maximum Gasteiger partial charge on any atom is 0.303 e. The van der Waals surface area contributed by atoms with Gasteiger partial charge in [0, 0.05) is 13.0 Å². The Labute approximate surface area is 155 Å². The summed E-state index contributed by atoms with van der Waals surface area (Å²) in [5.74, 6) is -1.72. The molecule has 138 valence electrons. The third-order valence-corrected chi connectivity index (χ3v) is 4.57. The Morgan fingerprint density at radius 3 is 2.54 bits per heavy atom. The SMILES string of the molecule is O=C(O)CCCCCNC(=O)CN1C(=O)S/C(=C\c2ccccc2)C1=O. The van der Waals surface area contributed by atoms with Crippen molar-refractivity contribution >= 4 is 40.9 Å². The van der Waals surface area contributed by atoms with Gasteiger partial charge in [0.15, 0.2) is 0 Å². The van der Waals surface area contributed by atoms with Gasteiger partial charge in [0.05, 0.1) is 4.91 Å². The van der Waals surface area contributed by atoms with Crippen LogP contribution in [0.4, 0.5) is 4.79 Å². The number of hydrogen-bond donors (Lipinski definition) is 2. The molecular formula is C18H20N2O5S. The number of rotatable bonds is 9. The number of imide groups is 1. The van der Waals surface area contributed by atoms with Crippen molar-refractivity contribution in [2.75, 3.05) is 13.1 Å². The van der Waals surface area contributed by atoms with Gasteiger partial charge in [0.1, 0.15) is 6.54 Å². The van der Waals surface area contributed by atoms with E-state index in [2.05, 4.69) is 5.32 Å². The standard InChI is InChI=1S/C18H20N2O5S/c21-15(19-10-6-2-5-9-16(22)23)12-20-17(24)14(26-18(20)25)11-13-7-3-1-4-8-13/h1,3-4,7-8,11H,2,5-6,9-10,12H2,(H,19,21)(H,22,23)/b14-11-. The van der Waals surface area contributed by atoms with Crippen molar-refractivity contribution in [1.82, 2.24) is 10.2 Å². The van der Waals surface area contributed by atoms with Gasteiger partial charge in [0.25, 0.3) is 11.1 Å². The molecule has 8 heteroatoms. The summed E-state index contributed by atoms with van der Waals surface area (Å²) >= 11 is 0.819. The molecule has 1 aromatic rings. The van der Waals surface area contributed by atoms with Crippen LogP contribution in [0.1, 0.15) is 31.2 Å². The van der Waals surface area contributed by atoms with Crippen LogP contribution >= 0.6 is 11.8 Å². The van der Waals surface area contributed by atoms with E-state index in [-0.39, 0.29) is 13.0 Å². The third-order valence-electron chi connectivity index (χ3n) is 3.66. The number of carbonyl (C=O) groups is 4. The number of nitrogens with one attached hydrogen (secondary N) is 1. The highest BCUT2D eigenvalue weighted by atomic mass is 32.2. The number of aliphatic carboxylic acids is 1. The Balaban J connectivity index is 1.79. The van der Waals surface area contributed by atoms with E-state index in [4.69, 9.17) is 5.11 Å². The first kappa shape index (κ1) is 19.7. The van der Waals surface area contributed by atoms with Gasteiger partial charge in [0.2, 0.25) is 5.91 Å². The molecule has 2 rings (SSSR count). The maximum absolute atomic E-state index is 12.3. The molecular weight excluding hydrogens is 356 g/mol. The first-order valence-electron chi connectivity index (χ1n) is 8.26. The largest absolute Gasteiger partial charge is 0.481 e. The molecule has 3 amide bonds. The number of benzene rings is 1. The predicted molar refractivity (Wildman–Crippen MR) is 98.2 cm³/mol. The van der Waals surface area contributed by atoms with Crippen LogP contribution in [0.3, 0.4) is 0 Å². The fraction of sp³-hybridized carbons (Fsp3) is 0.333. The van der Waals surface area contributed by atoms with E-state index in [0.717, 1.165) is 22.2 Å². The van der Waals surface area contributed by atoms with Crippen LogP contribution in [-0.4, -0.2) is 46.1 Å². The van der Waals surface area contributed by atoms with Gasteiger partial charge in [-0.2, -0.15) is 0 Å². The highest BCUT2D eigenvalue weighted by molar-refractivity contribution is 8.18. The third kappa shape index (κ3) is 6.03. The molecule has 7 nitrogen and oxygen atoms in total. The average molecular weight is 376 g/mol. The number of nitrogens with zero attached hydrogens (tertiary/aromatic N) is 1. The van der Waals surface area contributed by atoms with Crippen molar-refractivity contribution in [3.05, 3.63) is 40.8 Å². The predicted octanol–water partition coefficient (Wildman–Crippen LogP) is 2.48. The summed E-state index contributed by atoms with van der Waals surface area (Å²) in [6.07, 6.45) is 3.63. The Morgan fingerprint density at radius 1 is 1.12 bits per heavy atom. The smallest absolute Gasteiger partial charge is 0.303 e. The Bertz CT molecular complexity index is 718. The molecule has 26 heavy (non-hydrogen) atoms. The van der Waals surface area contributed by atoms with Crippen LogP contribution in [0.2, 0.25) is 0 Å². The lowest BCUT2D eigenvalue weighted by atomic mass is 10.2. The van der Waals surface area contributed by atoms with E-state index < -0.39 is 23.0 Å². The Kier molecular flexibility index (Phi) is 7.40. The number of carboxylic acids is 1. The van der Waals surface area contributed by atoms with Gasteiger partial charge in [-0.05, 0) is 36.2 Å². The van der Waals surface area contributed by atoms with Crippen molar-refractivity contribution < 1.29 is 24.3 Å². The zero-order valence-corrected chi connectivity index (χ0v) is 15.0. The topological polar surface area (TPSA) is 104 Å². The van der Waals surface area contributed by atoms with Crippen molar-refractivity contribution in [3.8, 4) is 0 Å². The molecule has 2 N–H and O–H groups in total. The summed E-state index contributed by atoms with van der Waals surface area (Å²) in [6, 6.07) is 9.17. The summed E-state index contributed by atoms with van der Waals surface area (Å²) in [4.78, 5) is 47.8. The zero-order valence-electron chi connectivity index (χ0n) is 14.1. The maximum atomic E-state index is 12.3. The fourth-order valence-electron chi connectivity index (χ4n) is 2.34. The lowest BCUT2D eigenvalue weighted by molar-refractivity contribution is -0.137. The summed E-state index contributed by atoms with van der Waals surface area (Å²) in [5, 5.41) is 10.7. The second-order valence-electron chi connectivity index (χ2n) is 5.73. The average Bonchev–Trinajstić information content (AvgIpc) is 2.86. The van der Waals surface area contributed by atoms with E-state index in [1.54, 1.807) is 6.08 Å². The molecule has 0 unspecified atom stereocenters. The molecule has 1 aliphatic heterocycles. The van der Waals surface area contributed by atoms with Gasteiger partial charge in [-0.1, -0.05) is 36.8 Å². The molecule has 0 saturated carbocycles. The first-order valence-corrected chi connectivity index (χ1v) is 9.08. The number of hydrogen-bond acceptors (Lipinski definition) is 5. The highest BCUT2D eigenvalue weighted by Gasteiger charge is 2.36. The second-order valence-corrected chi connectivity index (χ2v) is 6.73. The minimum absolute atomic E-state index is 0.110. The lowest BCUT2D eigenvalue weighted by Gasteiger charge is -2.12. The van der Waals surface area contributed by atoms with Crippen LogP contribution in [0, 0.1) is 0 Å². The molecule has 0 radical (unpaired) electrons. The summed E-state index contributed by atoms with van der Waals surface area (Å²) < 4.78 is 0. The van der Waals surface area contributed by atoms with Gasteiger partial charge in [-0.3, -0.25) is 24.1 Å². The normalized spacial score (nSPS) is 15.5. The summed E-state index contributed by atoms with van der Waals surface area (Å²) in [6.45, 7) is 0.0699. The lowest BCUT2D eigenvalue weighted by Crippen LogP contribution is -2.39. The molecule has 1 heterocycles. The van der Waals surface area contributed by atoms with Crippen molar-refractivity contribution in [1.29, 1.82) is 0 Å². The Hall–Kier alpha value is -2.61. The Morgan fingerprint density at radius 2 is 1.85 bits per heavy atom. The van der Waals surface area contributed by atoms with E-state index in [9.17, 15) is 19.2 Å². The van der Waals surface area contributed by atoms with E-state index in [1.807, 2.05) is 30.3 Å². The van der Waals surface area contributed by atoms with Gasteiger partial charge in [-0.15, -0.1) is 0 Å². The van der Waals surface area contributed by atoms with E-state index in [1.165, 1.54) is 0 Å². The minimum Gasteiger partial charge on any atom is -0.481 e. The highest BCUT2D eigenvalue weighted by Crippen LogP contribution is 2.31. The van der Waals surface area contributed by atoms with Crippen LogP contribution < -0.4 is 5.32 Å². The molecule has 0 aromatic heterocycles. The van der Waals surface area contributed by atoms with Crippen LogP contribution in [0.25, 0.3) is 6.08 Å². The number of amides is 3. The van der Waals surface area contributed by atoms with Gasteiger partial charge < -0.3 is 10.4 Å². The quantitative estimate of drug-likeness (QED) is 0.507. The first-order chi connectivity index (χ1) is 12.5.